The minimum absolute atomic E-state index is 0.0159. The minimum atomic E-state index is -0.301. The fraction of sp³-hybridized carbons (Fsp3) is 0.500. The Bertz CT molecular complexity index is 272. The van der Waals surface area contributed by atoms with Crippen molar-refractivity contribution in [2.75, 3.05) is 13.2 Å². The highest BCUT2D eigenvalue weighted by Gasteiger charge is 2.36. The van der Waals surface area contributed by atoms with E-state index >= 15 is 0 Å². The van der Waals surface area contributed by atoms with E-state index in [0.717, 1.165) is 0 Å². The molecule has 0 amide bonds. The van der Waals surface area contributed by atoms with Crippen LogP contribution in [0.5, 0.6) is 0 Å². The monoisotopic (exact) mass is 208 g/mol. The second kappa shape index (κ2) is 5.61. The van der Waals surface area contributed by atoms with E-state index in [0.29, 0.717) is 13.2 Å². The third kappa shape index (κ3) is 2.86. The second-order valence-corrected chi connectivity index (χ2v) is 3.56. The Kier molecular flexibility index (Phi) is 4.43. The van der Waals surface area contributed by atoms with Gasteiger partial charge in [-0.1, -0.05) is 12.2 Å². The van der Waals surface area contributed by atoms with Crippen LogP contribution in [0.2, 0.25) is 0 Å². The van der Waals surface area contributed by atoms with Crippen LogP contribution in [0.25, 0.3) is 0 Å². The fourth-order valence-corrected chi connectivity index (χ4v) is 1.69. The standard InChI is InChI=1S/C12H16O3/c1-3-5-11(13)9-7-15-8-10(9)12(14)6-4-2/h3-6,9-10H,7-8H2,1-2H3. The first-order valence-corrected chi connectivity index (χ1v) is 5.11. The van der Waals surface area contributed by atoms with Crippen LogP contribution in [0.4, 0.5) is 0 Å². The van der Waals surface area contributed by atoms with Gasteiger partial charge in [0.05, 0.1) is 25.0 Å². The van der Waals surface area contributed by atoms with E-state index in [4.69, 9.17) is 4.74 Å². The lowest BCUT2D eigenvalue weighted by atomic mass is 9.88. The highest BCUT2D eigenvalue weighted by Crippen LogP contribution is 2.23. The Balaban J connectivity index is 2.72. The van der Waals surface area contributed by atoms with E-state index < -0.39 is 0 Å². The molecular formula is C12H16O3. The zero-order valence-corrected chi connectivity index (χ0v) is 9.10. The van der Waals surface area contributed by atoms with E-state index in [-0.39, 0.29) is 23.4 Å². The molecule has 3 heteroatoms. The average Bonchev–Trinajstić information content (AvgIpc) is 2.66. The van der Waals surface area contributed by atoms with Crippen molar-refractivity contribution < 1.29 is 14.3 Å². The van der Waals surface area contributed by atoms with Crippen molar-refractivity contribution in [1.29, 1.82) is 0 Å². The Hall–Kier alpha value is -1.22. The maximum absolute atomic E-state index is 11.6. The zero-order chi connectivity index (χ0) is 11.3. The van der Waals surface area contributed by atoms with Gasteiger partial charge in [0.25, 0.3) is 0 Å². The molecule has 1 fully saturated rings. The van der Waals surface area contributed by atoms with Crippen molar-refractivity contribution in [3.63, 3.8) is 0 Å². The summed E-state index contributed by atoms with van der Waals surface area (Å²) >= 11 is 0. The number of carbonyl (C=O) groups is 2. The summed E-state index contributed by atoms with van der Waals surface area (Å²) in [6, 6.07) is 0. The van der Waals surface area contributed by atoms with Crippen LogP contribution in [-0.4, -0.2) is 24.8 Å². The Morgan fingerprint density at radius 2 is 1.40 bits per heavy atom. The molecule has 1 aliphatic rings. The van der Waals surface area contributed by atoms with Crippen molar-refractivity contribution in [3.8, 4) is 0 Å². The van der Waals surface area contributed by atoms with Crippen molar-refractivity contribution in [1.82, 2.24) is 0 Å². The van der Waals surface area contributed by atoms with Crippen LogP contribution in [-0.2, 0) is 14.3 Å². The summed E-state index contributed by atoms with van der Waals surface area (Å²) in [7, 11) is 0. The number of allylic oxidation sites excluding steroid dienone is 4. The van der Waals surface area contributed by atoms with E-state index in [9.17, 15) is 9.59 Å². The maximum atomic E-state index is 11.6. The van der Waals surface area contributed by atoms with Gasteiger partial charge >= 0.3 is 0 Å². The molecular weight excluding hydrogens is 192 g/mol. The van der Waals surface area contributed by atoms with E-state index in [1.165, 1.54) is 12.2 Å². The summed E-state index contributed by atoms with van der Waals surface area (Å²) in [5.74, 6) is -0.634. The number of hydrogen-bond donors (Lipinski definition) is 0. The molecule has 0 spiro atoms. The highest BCUT2D eigenvalue weighted by molar-refractivity contribution is 5.99. The van der Waals surface area contributed by atoms with Crippen LogP contribution >= 0.6 is 0 Å². The van der Waals surface area contributed by atoms with Gasteiger partial charge in [-0.05, 0) is 26.0 Å². The summed E-state index contributed by atoms with van der Waals surface area (Å²) < 4.78 is 5.20. The zero-order valence-electron chi connectivity index (χ0n) is 9.10. The molecule has 1 aliphatic heterocycles. The lowest BCUT2D eigenvalue weighted by molar-refractivity contribution is -0.125. The number of rotatable bonds is 4. The number of carbonyl (C=O) groups excluding carboxylic acids is 2. The van der Waals surface area contributed by atoms with E-state index in [2.05, 4.69) is 0 Å². The molecule has 0 saturated carbocycles. The lowest BCUT2D eigenvalue weighted by Gasteiger charge is -2.11. The molecule has 1 heterocycles. The molecule has 2 atom stereocenters. The third-order valence-electron chi connectivity index (χ3n) is 2.47. The van der Waals surface area contributed by atoms with Gasteiger partial charge in [-0.25, -0.2) is 0 Å². The van der Waals surface area contributed by atoms with Crippen LogP contribution in [0.15, 0.2) is 24.3 Å². The quantitative estimate of drug-likeness (QED) is 0.658. The van der Waals surface area contributed by atoms with Crippen LogP contribution in [0.3, 0.4) is 0 Å². The molecule has 0 aromatic rings. The molecule has 1 saturated heterocycles. The number of ketones is 2. The smallest absolute Gasteiger partial charge is 0.161 e. The summed E-state index contributed by atoms with van der Waals surface area (Å²) in [5.41, 5.74) is 0. The van der Waals surface area contributed by atoms with Gasteiger partial charge in [-0.2, -0.15) is 0 Å². The molecule has 3 nitrogen and oxygen atoms in total. The molecule has 0 aromatic heterocycles. The minimum Gasteiger partial charge on any atom is -0.380 e. The largest absolute Gasteiger partial charge is 0.380 e. The first-order valence-electron chi connectivity index (χ1n) is 5.11. The Morgan fingerprint density at radius 3 is 1.73 bits per heavy atom. The number of hydrogen-bond acceptors (Lipinski definition) is 3. The summed E-state index contributed by atoms with van der Waals surface area (Å²) in [4.78, 5) is 23.2. The van der Waals surface area contributed by atoms with Crippen molar-refractivity contribution in [2.24, 2.45) is 11.8 Å². The Labute approximate surface area is 89.8 Å². The normalized spacial score (nSPS) is 26.5. The van der Waals surface area contributed by atoms with Gasteiger partial charge in [-0.15, -0.1) is 0 Å². The first kappa shape index (κ1) is 11.9. The summed E-state index contributed by atoms with van der Waals surface area (Å²) in [6.07, 6.45) is 6.40. The van der Waals surface area contributed by atoms with Gasteiger partial charge in [-0.3, -0.25) is 9.59 Å². The van der Waals surface area contributed by atoms with Gasteiger partial charge in [0.1, 0.15) is 0 Å². The second-order valence-electron chi connectivity index (χ2n) is 3.56. The average molecular weight is 208 g/mol. The predicted octanol–water partition coefficient (Wildman–Crippen LogP) is 1.54. The third-order valence-corrected chi connectivity index (χ3v) is 2.47. The molecule has 1 rings (SSSR count). The molecule has 0 radical (unpaired) electrons. The molecule has 0 bridgehead atoms. The first-order chi connectivity index (χ1) is 7.20. The molecule has 0 aliphatic carbocycles. The van der Waals surface area contributed by atoms with Gasteiger partial charge < -0.3 is 4.74 Å². The Morgan fingerprint density at radius 1 is 1.00 bits per heavy atom. The van der Waals surface area contributed by atoms with E-state index in [1.807, 2.05) is 0 Å². The van der Waals surface area contributed by atoms with Crippen LogP contribution < -0.4 is 0 Å². The van der Waals surface area contributed by atoms with Gasteiger partial charge in [0, 0.05) is 0 Å². The van der Waals surface area contributed by atoms with Gasteiger partial charge in [0.15, 0.2) is 11.6 Å². The summed E-state index contributed by atoms with van der Waals surface area (Å²) in [5, 5.41) is 0. The predicted molar refractivity (Wildman–Crippen MR) is 57.4 cm³/mol. The highest BCUT2D eigenvalue weighted by atomic mass is 16.5. The van der Waals surface area contributed by atoms with Gasteiger partial charge in [0.2, 0.25) is 0 Å². The summed E-state index contributed by atoms with van der Waals surface area (Å²) in [6.45, 7) is 4.29. The van der Waals surface area contributed by atoms with Crippen LogP contribution in [0, 0.1) is 11.8 Å². The lowest BCUT2D eigenvalue weighted by Crippen LogP contribution is -2.26. The fourth-order valence-electron chi connectivity index (χ4n) is 1.69. The molecule has 82 valence electrons. The van der Waals surface area contributed by atoms with Crippen molar-refractivity contribution >= 4 is 11.6 Å². The molecule has 0 N–H and O–H groups in total. The topological polar surface area (TPSA) is 43.4 Å². The molecule has 0 aromatic carbocycles. The number of ether oxygens (including phenoxy) is 1. The SMILES string of the molecule is CC=CC(=O)C1COCC1C(=O)C=CC. The molecule has 2 unspecified atom stereocenters. The van der Waals surface area contributed by atoms with Crippen molar-refractivity contribution in [3.05, 3.63) is 24.3 Å². The molecule has 15 heavy (non-hydrogen) atoms. The van der Waals surface area contributed by atoms with Crippen LogP contribution in [0.1, 0.15) is 13.8 Å². The van der Waals surface area contributed by atoms with Crippen molar-refractivity contribution in [2.45, 2.75) is 13.8 Å². The van der Waals surface area contributed by atoms with E-state index in [1.54, 1.807) is 26.0 Å². The maximum Gasteiger partial charge on any atom is 0.161 e.